The van der Waals surface area contributed by atoms with Crippen molar-refractivity contribution >= 4 is 21.6 Å². The Kier molecular flexibility index (Phi) is 2.89. The van der Waals surface area contributed by atoms with Crippen LogP contribution >= 0.6 is 15.9 Å². The maximum atomic E-state index is 3.62. The van der Waals surface area contributed by atoms with E-state index >= 15 is 0 Å². The maximum absolute atomic E-state index is 3.62. The van der Waals surface area contributed by atoms with E-state index in [-0.39, 0.29) is 0 Å². The Balaban J connectivity index is 1.86. The van der Waals surface area contributed by atoms with Crippen LogP contribution in [0.4, 0.5) is 5.69 Å². The summed E-state index contributed by atoms with van der Waals surface area (Å²) in [6.07, 6.45) is 2.32. The molecule has 0 radical (unpaired) electrons. The fourth-order valence-electron chi connectivity index (χ4n) is 2.38. The molecule has 1 N–H and O–H groups in total. The molecular weight excluding hydrogens is 274 g/mol. The molecule has 86 valence electrons. The molecular formula is C15H14BrN. The highest BCUT2D eigenvalue weighted by atomic mass is 79.9. The molecule has 0 fully saturated rings. The van der Waals surface area contributed by atoms with E-state index in [0.29, 0.717) is 6.04 Å². The predicted octanol–water partition coefficient (Wildman–Crippen LogP) is 4.55. The van der Waals surface area contributed by atoms with Crippen molar-refractivity contribution < 1.29 is 0 Å². The minimum absolute atomic E-state index is 0.443. The molecule has 2 heteroatoms. The van der Waals surface area contributed by atoms with E-state index in [4.69, 9.17) is 0 Å². The van der Waals surface area contributed by atoms with Crippen molar-refractivity contribution in [2.24, 2.45) is 0 Å². The van der Waals surface area contributed by atoms with Gasteiger partial charge in [-0.3, -0.25) is 0 Å². The van der Waals surface area contributed by atoms with Gasteiger partial charge in [0, 0.05) is 10.2 Å². The van der Waals surface area contributed by atoms with Crippen molar-refractivity contribution in [3.05, 3.63) is 64.1 Å². The first-order valence-corrected chi connectivity index (χ1v) is 6.72. The second-order valence-corrected chi connectivity index (χ2v) is 5.36. The molecule has 0 aromatic heterocycles. The summed E-state index contributed by atoms with van der Waals surface area (Å²) in [5, 5.41) is 3.62. The Morgan fingerprint density at radius 2 is 1.76 bits per heavy atom. The zero-order chi connectivity index (χ0) is 11.7. The van der Waals surface area contributed by atoms with Crippen LogP contribution < -0.4 is 5.32 Å². The van der Waals surface area contributed by atoms with E-state index in [1.165, 1.54) is 23.2 Å². The van der Waals surface area contributed by atoms with Crippen LogP contribution in [0.2, 0.25) is 0 Å². The molecule has 0 saturated carbocycles. The molecule has 0 amide bonds. The van der Waals surface area contributed by atoms with E-state index in [2.05, 4.69) is 69.8 Å². The summed E-state index contributed by atoms with van der Waals surface area (Å²) in [5.74, 6) is 0. The number of hydrogen-bond acceptors (Lipinski definition) is 1. The number of benzene rings is 2. The van der Waals surface area contributed by atoms with Crippen LogP contribution in [0.3, 0.4) is 0 Å². The standard InChI is InChI=1S/C15H14BrN/c16-13-8-5-12(6-9-13)15-10-7-11-3-1-2-4-14(11)17-15/h1-6,8-9,15,17H,7,10H2. The van der Waals surface area contributed by atoms with E-state index in [0.717, 1.165) is 10.9 Å². The normalized spacial score (nSPS) is 18.3. The van der Waals surface area contributed by atoms with Crippen LogP contribution in [0.25, 0.3) is 0 Å². The van der Waals surface area contributed by atoms with Gasteiger partial charge >= 0.3 is 0 Å². The number of rotatable bonds is 1. The fraction of sp³-hybridized carbons (Fsp3) is 0.200. The highest BCUT2D eigenvalue weighted by Gasteiger charge is 2.18. The van der Waals surface area contributed by atoms with Crippen molar-refractivity contribution in [2.45, 2.75) is 18.9 Å². The van der Waals surface area contributed by atoms with Crippen molar-refractivity contribution in [3.63, 3.8) is 0 Å². The third kappa shape index (κ3) is 2.22. The minimum atomic E-state index is 0.443. The van der Waals surface area contributed by atoms with Gasteiger partial charge in [-0.05, 0) is 42.2 Å². The van der Waals surface area contributed by atoms with Gasteiger partial charge in [0.1, 0.15) is 0 Å². The Hall–Kier alpha value is -1.28. The molecule has 17 heavy (non-hydrogen) atoms. The van der Waals surface area contributed by atoms with Gasteiger partial charge < -0.3 is 5.32 Å². The van der Waals surface area contributed by atoms with Gasteiger partial charge in [0.2, 0.25) is 0 Å². The van der Waals surface area contributed by atoms with Crippen LogP contribution in [0, 0.1) is 0 Å². The number of nitrogens with one attached hydrogen (secondary N) is 1. The summed E-state index contributed by atoms with van der Waals surface area (Å²) < 4.78 is 1.14. The summed E-state index contributed by atoms with van der Waals surface area (Å²) in [4.78, 5) is 0. The minimum Gasteiger partial charge on any atom is -0.378 e. The smallest absolute Gasteiger partial charge is 0.0517 e. The number of anilines is 1. The lowest BCUT2D eigenvalue weighted by atomic mass is 9.93. The largest absolute Gasteiger partial charge is 0.378 e. The molecule has 1 unspecified atom stereocenters. The van der Waals surface area contributed by atoms with Crippen LogP contribution in [0.15, 0.2) is 53.0 Å². The van der Waals surface area contributed by atoms with Crippen LogP contribution in [-0.4, -0.2) is 0 Å². The van der Waals surface area contributed by atoms with Gasteiger partial charge in [0.05, 0.1) is 6.04 Å². The van der Waals surface area contributed by atoms with Crippen molar-refractivity contribution in [1.82, 2.24) is 0 Å². The Bertz CT molecular complexity index is 519. The van der Waals surface area contributed by atoms with E-state index in [1.807, 2.05) is 0 Å². The highest BCUT2D eigenvalue weighted by molar-refractivity contribution is 9.10. The van der Waals surface area contributed by atoms with Crippen molar-refractivity contribution in [3.8, 4) is 0 Å². The third-order valence-corrected chi connectivity index (χ3v) is 3.85. The molecule has 0 saturated heterocycles. The molecule has 0 spiro atoms. The molecule has 0 bridgehead atoms. The Labute approximate surface area is 110 Å². The van der Waals surface area contributed by atoms with Gasteiger partial charge in [-0.2, -0.15) is 0 Å². The number of fused-ring (bicyclic) bond motifs is 1. The van der Waals surface area contributed by atoms with Crippen LogP contribution in [0.1, 0.15) is 23.6 Å². The van der Waals surface area contributed by atoms with E-state index in [1.54, 1.807) is 0 Å². The monoisotopic (exact) mass is 287 g/mol. The molecule has 2 aromatic carbocycles. The number of aryl methyl sites for hydroxylation is 1. The molecule has 0 aliphatic carbocycles. The Morgan fingerprint density at radius 1 is 1.00 bits per heavy atom. The molecule has 1 heterocycles. The average Bonchev–Trinajstić information content (AvgIpc) is 2.39. The first-order chi connectivity index (χ1) is 8.33. The Morgan fingerprint density at radius 3 is 2.59 bits per heavy atom. The van der Waals surface area contributed by atoms with E-state index in [9.17, 15) is 0 Å². The van der Waals surface area contributed by atoms with Gasteiger partial charge in [-0.25, -0.2) is 0 Å². The third-order valence-electron chi connectivity index (χ3n) is 3.32. The summed E-state index contributed by atoms with van der Waals surface area (Å²) in [6.45, 7) is 0. The fourth-order valence-corrected chi connectivity index (χ4v) is 2.65. The number of hydrogen-bond donors (Lipinski definition) is 1. The summed E-state index contributed by atoms with van der Waals surface area (Å²) >= 11 is 3.47. The lowest BCUT2D eigenvalue weighted by molar-refractivity contribution is 0.668. The first-order valence-electron chi connectivity index (χ1n) is 5.93. The molecule has 1 atom stereocenters. The van der Waals surface area contributed by atoms with Gasteiger partial charge in [-0.1, -0.05) is 46.3 Å². The van der Waals surface area contributed by atoms with Crippen molar-refractivity contribution in [2.75, 3.05) is 5.32 Å². The number of halogens is 1. The summed E-state index contributed by atoms with van der Waals surface area (Å²) in [6, 6.07) is 17.6. The zero-order valence-electron chi connectivity index (χ0n) is 9.49. The average molecular weight is 288 g/mol. The van der Waals surface area contributed by atoms with Gasteiger partial charge in [0.25, 0.3) is 0 Å². The zero-order valence-corrected chi connectivity index (χ0v) is 11.1. The molecule has 1 aliphatic heterocycles. The van der Waals surface area contributed by atoms with Gasteiger partial charge in [-0.15, -0.1) is 0 Å². The van der Waals surface area contributed by atoms with Gasteiger partial charge in [0.15, 0.2) is 0 Å². The number of para-hydroxylation sites is 1. The first kappa shape index (κ1) is 10.8. The van der Waals surface area contributed by atoms with Crippen LogP contribution in [-0.2, 0) is 6.42 Å². The second-order valence-electron chi connectivity index (χ2n) is 4.44. The predicted molar refractivity (Wildman–Crippen MR) is 75.3 cm³/mol. The van der Waals surface area contributed by atoms with Crippen LogP contribution in [0.5, 0.6) is 0 Å². The topological polar surface area (TPSA) is 12.0 Å². The lowest BCUT2D eigenvalue weighted by Crippen LogP contribution is -2.17. The molecule has 3 rings (SSSR count). The maximum Gasteiger partial charge on any atom is 0.0517 e. The summed E-state index contributed by atoms with van der Waals surface area (Å²) in [5.41, 5.74) is 4.08. The van der Waals surface area contributed by atoms with E-state index < -0.39 is 0 Å². The second kappa shape index (κ2) is 4.53. The SMILES string of the molecule is Brc1ccc(C2CCc3ccccc3N2)cc1. The molecule has 1 nitrogen and oxygen atoms in total. The van der Waals surface area contributed by atoms with Crippen molar-refractivity contribution in [1.29, 1.82) is 0 Å². The summed E-state index contributed by atoms with van der Waals surface area (Å²) in [7, 11) is 0. The lowest BCUT2D eigenvalue weighted by Gasteiger charge is -2.27. The molecule has 1 aliphatic rings. The molecule has 2 aromatic rings. The highest BCUT2D eigenvalue weighted by Crippen LogP contribution is 2.32. The quantitative estimate of drug-likeness (QED) is 0.811.